The van der Waals surface area contributed by atoms with Gasteiger partial charge in [0.15, 0.2) is 0 Å². The third-order valence-electron chi connectivity index (χ3n) is 2.56. The predicted octanol–water partition coefficient (Wildman–Crippen LogP) is 2.71. The molecular formula is C11H14BrNO2. The van der Waals surface area contributed by atoms with Gasteiger partial charge in [0.2, 0.25) is 5.88 Å². The molecule has 4 heteroatoms. The summed E-state index contributed by atoms with van der Waals surface area (Å²) in [6.07, 6.45) is 4.02. The van der Waals surface area contributed by atoms with Crippen molar-refractivity contribution in [3.8, 4) is 5.88 Å². The first-order chi connectivity index (χ1) is 7.29. The van der Waals surface area contributed by atoms with Crippen LogP contribution in [0, 0.1) is 0 Å². The molecule has 1 saturated heterocycles. The highest BCUT2D eigenvalue weighted by molar-refractivity contribution is 9.09. The minimum atomic E-state index is 0.167. The summed E-state index contributed by atoms with van der Waals surface area (Å²) in [5, 5.41) is 0. The van der Waals surface area contributed by atoms with Gasteiger partial charge in [-0.1, -0.05) is 15.9 Å². The number of hydrogen-bond acceptors (Lipinski definition) is 3. The van der Waals surface area contributed by atoms with E-state index in [1.54, 1.807) is 13.3 Å². The van der Waals surface area contributed by atoms with E-state index in [0.717, 1.165) is 25.0 Å². The number of ether oxygens (including phenoxy) is 2. The third-order valence-corrected chi connectivity index (χ3v) is 3.39. The highest BCUT2D eigenvalue weighted by Gasteiger charge is 2.22. The van der Waals surface area contributed by atoms with Gasteiger partial charge in [-0.3, -0.25) is 0 Å². The molecule has 3 nitrogen and oxygen atoms in total. The number of aromatic nitrogens is 1. The molecular weight excluding hydrogens is 258 g/mol. The Bertz CT molecular complexity index is 332. The predicted molar refractivity (Wildman–Crippen MR) is 61.4 cm³/mol. The Balaban J connectivity index is 2.13. The van der Waals surface area contributed by atoms with E-state index in [0.29, 0.717) is 10.7 Å². The molecule has 1 fully saturated rings. The Morgan fingerprint density at radius 2 is 2.47 bits per heavy atom. The second kappa shape index (κ2) is 4.94. The molecule has 0 saturated carbocycles. The minimum Gasteiger partial charge on any atom is -0.481 e. The van der Waals surface area contributed by atoms with E-state index >= 15 is 0 Å². The normalized spacial score (nSPS) is 26.3. The topological polar surface area (TPSA) is 31.4 Å². The van der Waals surface area contributed by atoms with Gasteiger partial charge >= 0.3 is 0 Å². The zero-order valence-corrected chi connectivity index (χ0v) is 10.2. The number of alkyl halides is 1. The maximum Gasteiger partial charge on any atom is 0.213 e. The van der Waals surface area contributed by atoms with Crippen molar-refractivity contribution in [3.05, 3.63) is 23.9 Å². The van der Waals surface area contributed by atoms with Crippen LogP contribution < -0.4 is 4.74 Å². The van der Waals surface area contributed by atoms with Crippen molar-refractivity contribution in [3.63, 3.8) is 0 Å². The summed E-state index contributed by atoms with van der Waals surface area (Å²) in [5.74, 6) is 0.646. The summed E-state index contributed by atoms with van der Waals surface area (Å²) < 4.78 is 10.8. The molecule has 1 aliphatic heterocycles. The molecule has 0 aliphatic carbocycles. The van der Waals surface area contributed by atoms with Gasteiger partial charge in [0, 0.05) is 23.7 Å². The van der Waals surface area contributed by atoms with Crippen molar-refractivity contribution in [2.45, 2.75) is 23.8 Å². The fourth-order valence-electron chi connectivity index (χ4n) is 1.73. The molecule has 1 aliphatic rings. The van der Waals surface area contributed by atoms with E-state index < -0.39 is 0 Å². The summed E-state index contributed by atoms with van der Waals surface area (Å²) in [4.78, 5) is 4.63. The van der Waals surface area contributed by atoms with Crippen molar-refractivity contribution in [2.24, 2.45) is 0 Å². The van der Waals surface area contributed by atoms with Crippen LogP contribution in [0.15, 0.2) is 18.3 Å². The highest BCUT2D eigenvalue weighted by Crippen LogP contribution is 2.32. The number of rotatable bonds is 2. The van der Waals surface area contributed by atoms with Gasteiger partial charge in [0.05, 0.1) is 13.2 Å². The largest absolute Gasteiger partial charge is 0.481 e. The van der Waals surface area contributed by atoms with Crippen molar-refractivity contribution >= 4 is 15.9 Å². The van der Waals surface area contributed by atoms with Crippen LogP contribution in [0.5, 0.6) is 5.88 Å². The summed E-state index contributed by atoms with van der Waals surface area (Å²) in [6, 6.07) is 3.92. The van der Waals surface area contributed by atoms with Crippen LogP contribution in [0.2, 0.25) is 0 Å². The molecule has 15 heavy (non-hydrogen) atoms. The van der Waals surface area contributed by atoms with E-state index in [4.69, 9.17) is 9.47 Å². The average Bonchev–Trinajstić information content (AvgIpc) is 2.29. The summed E-state index contributed by atoms with van der Waals surface area (Å²) in [7, 11) is 1.63. The SMILES string of the molecule is COc1cc(C2CC(Br)CCO2)ccn1. The first-order valence-corrected chi connectivity index (χ1v) is 5.97. The third kappa shape index (κ3) is 2.69. The molecule has 2 atom stereocenters. The lowest BCUT2D eigenvalue weighted by molar-refractivity contribution is 0.0185. The fraction of sp³-hybridized carbons (Fsp3) is 0.545. The van der Waals surface area contributed by atoms with Gasteiger partial charge in [-0.05, 0) is 24.5 Å². The first-order valence-electron chi connectivity index (χ1n) is 5.05. The van der Waals surface area contributed by atoms with Crippen molar-refractivity contribution in [1.29, 1.82) is 0 Å². The van der Waals surface area contributed by atoms with Crippen molar-refractivity contribution < 1.29 is 9.47 Å². The Kier molecular flexibility index (Phi) is 3.59. The maximum atomic E-state index is 5.72. The van der Waals surface area contributed by atoms with Gasteiger partial charge in [-0.25, -0.2) is 4.98 Å². The van der Waals surface area contributed by atoms with Gasteiger partial charge in [-0.15, -0.1) is 0 Å². The Morgan fingerprint density at radius 3 is 3.20 bits per heavy atom. The van der Waals surface area contributed by atoms with E-state index in [1.807, 2.05) is 12.1 Å². The molecule has 0 aromatic carbocycles. The quantitative estimate of drug-likeness (QED) is 0.776. The van der Waals surface area contributed by atoms with Crippen LogP contribution in [0.3, 0.4) is 0 Å². The standard InChI is InChI=1S/C11H14BrNO2/c1-14-11-6-8(2-4-13-11)10-7-9(12)3-5-15-10/h2,4,6,9-10H,3,5,7H2,1H3. The van der Waals surface area contributed by atoms with Gasteiger partial charge in [-0.2, -0.15) is 0 Å². The number of halogens is 1. The molecule has 1 aromatic rings. The first kappa shape index (κ1) is 10.9. The van der Waals surface area contributed by atoms with Crippen LogP contribution in [-0.4, -0.2) is 23.5 Å². The van der Waals surface area contributed by atoms with E-state index in [1.165, 1.54) is 0 Å². The van der Waals surface area contributed by atoms with Gasteiger partial charge in [0.25, 0.3) is 0 Å². The highest BCUT2D eigenvalue weighted by atomic mass is 79.9. The van der Waals surface area contributed by atoms with E-state index in [9.17, 15) is 0 Å². The Morgan fingerprint density at radius 1 is 1.60 bits per heavy atom. The van der Waals surface area contributed by atoms with Crippen LogP contribution in [0.1, 0.15) is 24.5 Å². The van der Waals surface area contributed by atoms with Crippen molar-refractivity contribution in [1.82, 2.24) is 4.98 Å². The van der Waals surface area contributed by atoms with Gasteiger partial charge < -0.3 is 9.47 Å². The maximum absolute atomic E-state index is 5.72. The molecule has 0 bridgehead atoms. The molecule has 0 radical (unpaired) electrons. The molecule has 2 heterocycles. The minimum absolute atomic E-state index is 0.167. The van der Waals surface area contributed by atoms with Crippen molar-refractivity contribution in [2.75, 3.05) is 13.7 Å². The van der Waals surface area contributed by atoms with E-state index in [-0.39, 0.29) is 6.10 Å². The fourth-order valence-corrected chi connectivity index (χ4v) is 2.25. The Hall–Kier alpha value is -0.610. The number of methoxy groups -OCH3 is 1. The zero-order valence-electron chi connectivity index (χ0n) is 8.65. The molecule has 0 N–H and O–H groups in total. The number of nitrogens with zero attached hydrogens (tertiary/aromatic N) is 1. The monoisotopic (exact) mass is 271 g/mol. The van der Waals surface area contributed by atoms with Crippen LogP contribution in [0.25, 0.3) is 0 Å². The molecule has 2 unspecified atom stereocenters. The van der Waals surface area contributed by atoms with Crippen LogP contribution in [-0.2, 0) is 4.74 Å². The van der Waals surface area contributed by atoms with Crippen LogP contribution >= 0.6 is 15.9 Å². The molecule has 0 amide bonds. The summed E-state index contributed by atoms with van der Waals surface area (Å²) >= 11 is 3.63. The zero-order chi connectivity index (χ0) is 10.7. The molecule has 82 valence electrons. The average molecular weight is 272 g/mol. The lowest BCUT2D eigenvalue weighted by atomic mass is 10.0. The van der Waals surface area contributed by atoms with E-state index in [2.05, 4.69) is 20.9 Å². The lowest BCUT2D eigenvalue weighted by Gasteiger charge is -2.26. The molecule has 1 aromatic heterocycles. The summed E-state index contributed by atoms with van der Waals surface area (Å²) in [5.41, 5.74) is 1.14. The second-order valence-electron chi connectivity index (χ2n) is 3.61. The number of hydrogen-bond donors (Lipinski definition) is 0. The van der Waals surface area contributed by atoms with Crippen LogP contribution in [0.4, 0.5) is 0 Å². The second-order valence-corrected chi connectivity index (χ2v) is 4.91. The molecule has 0 spiro atoms. The lowest BCUT2D eigenvalue weighted by Crippen LogP contribution is -2.19. The Labute approximate surface area is 97.9 Å². The summed E-state index contributed by atoms with van der Waals surface area (Å²) in [6.45, 7) is 0.811. The molecule has 2 rings (SSSR count). The smallest absolute Gasteiger partial charge is 0.213 e. The van der Waals surface area contributed by atoms with Gasteiger partial charge in [0.1, 0.15) is 0 Å². The number of pyridine rings is 1.